The molecule has 6 nitrogen and oxygen atoms in total. The minimum Gasteiger partial charge on any atom is -0.497 e. The Morgan fingerprint density at radius 1 is 1.06 bits per heavy atom. The highest BCUT2D eigenvalue weighted by Crippen LogP contribution is 2.29. The van der Waals surface area contributed by atoms with Crippen LogP contribution in [0.15, 0.2) is 72.2 Å². The van der Waals surface area contributed by atoms with Gasteiger partial charge in [0.15, 0.2) is 0 Å². The molecule has 0 aliphatic rings. The predicted octanol–water partition coefficient (Wildman–Crippen LogP) is 4.61. The van der Waals surface area contributed by atoms with Crippen molar-refractivity contribution in [2.75, 3.05) is 14.2 Å². The quantitative estimate of drug-likeness (QED) is 0.441. The van der Waals surface area contributed by atoms with Crippen molar-refractivity contribution in [1.82, 2.24) is 14.9 Å². The molecule has 31 heavy (non-hydrogen) atoms. The topological polar surface area (TPSA) is 65.4 Å². The minimum atomic E-state index is -0.0952. The number of aromatic nitrogens is 2. The van der Waals surface area contributed by atoms with Crippen molar-refractivity contribution in [3.63, 3.8) is 0 Å². The van der Waals surface area contributed by atoms with E-state index in [0.717, 1.165) is 33.3 Å². The highest BCUT2D eigenvalue weighted by Gasteiger charge is 2.13. The molecule has 0 aliphatic heterocycles. The zero-order chi connectivity index (χ0) is 21.6. The first kappa shape index (κ1) is 20.7. The summed E-state index contributed by atoms with van der Waals surface area (Å²) in [5, 5.41) is 5.88. The summed E-state index contributed by atoms with van der Waals surface area (Å²) >= 11 is 1.57. The number of methoxy groups -OCH3 is 2. The lowest BCUT2D eigenvalue weighted by Crippen LogP contribution is -2.27. The van der Waals surface area contributed by atoms with E-state index in [0.29, 0.717) is 12.3 Å². The maximum absolute atomic E-state index is 12.6. The van der Waals surface area contributed by atoms with E-state index in [1.807, 2.05) is 76.8 Å². The molecule has 4 aromatic rings. The summed E-state index contributed by atoms with van der Waals surface area (Å²) in [6.45, 7) is 0.556. The Balaban J connectivity index is 1.44. The van der Waals surface area contributed by atoms with Gasteiger partial charge in [-0.2, -0.15) is 0 Å². The van der Waals surface area contributed by atoms with Crippen molar-refractivity contribution in [2.24, 2.45) is 0 Å². The van der Waals surface area contributed by atoms with Crippen molar-refractivity contribution >= 4 is 17.2 Å². The number of hydrogen-bond donors (Lipinski definition) is 1. The maximum atomic E-state index is 12.6. The molecule has 4 rings (SSSR count). The number of rotatable bonds is 8. The molecular weight excluding hydrogens is 410 g/mol. The van der Waals surface area contributed by atoms with Crippen molar-refractivity contribution in [3.8, 4) is 33.5 Å². The maximum Gasteiger partial charge on any atom is 0.240 e. The van der Waals surface area contributed by atoms with E-state index >= 15 is 0 Å². The van der Waals surface area contributed by atoms with E-state index in [2.05, 4.69) is 5.32 Å². The molecule has 7 heteroatoms. The van der Waals surface area contributed by atoms with Crippen LogP contribution in [-0.2, 0) is 17.9 Å². The van der Waals surface area contributed by atoms with Gasteiger partial charge in [0, 0.05) is 29.2 Å². The second-order valence-electron chi connectivity index (χ2n) is 6.88. The number of nitrogens with one attached hydrogen (secondary N) is 1. The van der Waals surface area contributed by atoms with Crippen molar-refractivity contribution in [1.29, 1.82) is 0 Å². The van der Waals surface area contributed by atoms with E-state index in [9.17, 15) is 4.79 Å². The lowest BCUT2D eigenvalue weighted by Gasteiger charge is -2.12. The monoisotopic (exact) mass is 433 g/mol. The lowest BCUT2D eigenvalue weighted by atomic mass is 10.2. The van der Waals surface area contributed by atoms with Gasteiger partial charge in [0.1, 0.15) is 23.1 Å². The number of carbonyl (C=O) groups excluding carboxylic acids is 1. The van der Waals surface area contributed by atoms with Crippen molar-refractivity contribution in [3.05, 3.63) is 77.8 Å². The van der Waals surface area contributed by atoms with Crippen LogP contribution >= 0.6 is 11.3 Å². The first-order valence-electron chi connectivity index (χ1n) is 9.82. The number of nitrogens with zero attached hydrogens (tertiary/aromatic N) is 2. The fourth-order valence-electron chi connectivity index (χ4n) is 3.30. The van der Waals surface area contributed by atoms with Gasteiger partial charge in [0.2, 0.25) is 5.91 Å². The van der Waals surface area contributed by atoms with Crippen molar-refractivity contribution in [2.45, 2.75) is 13.1 Å². The van der Waals surface area contributed by atoms with Crippen LogP contribution in [0.2, 0.25) is 0 Å². The van der Waals surface area contributed by atoms with Gasteiger partial charge in [-0.25, -0.2) is 4.98 Å². The predicted molar refractivity (Wildman–Crippen MR) is 122 cm³/mol. The zero-order valence-electron chi connectivity index (χ0n) is 17.4. The Labute approximate surface area is 185 Å². The van der Waals surface area contributed by atoms with E-state index in [4.69, 9.17) is 14.5 Å². The largest absolute Gasteiger partial charge is 0.497 e. The van der Waals surface area contributed by atoms with Crippen LogP contribution in [0.3, 0.4) is 0 Å². The van der Waals surface area contributed by atoms with Gasteiger partial charge in [-0.05, 0) is 30.3 Å². The average molecular weight is 434 g/mol. The number of ether oxygens (including phenoxy) is 2. The molecule has 0 atom stereocenters. The molecule has 0 radical (unpaired) electrons. The number of thiazole rings is 1. The van der Waals surface area contributed by atoms with E-state index in [1.54, 1.807) is 25.6 Å². The van der Waals surface area contributed by atoms with Crippen LogP contribution in [0.5, 0.6) is 11.5 Å². The summed E-state index contributed by atoms with van der Waals surface area (Å²) in [6.07, 6.45) is 1.89. The Hall–Kier alpha value is -3.58. The average Bonchev–Trinajstić information content (AvgIpc) is 3.47. The first-order chi connectivity index (χ1) is 15.2. The SMILES string of the molecule is COc1ccc(OC)c(CNC(=O)Cn2cccc2-c2nc(-c3ccccc3)cs2)c1. The number of carbonyl (C=O) groups is 1. The third-order valence-electron chi connectivity index (χ3n) is 4.90. The second kappa shape index (κ2) is 9.49. The molecule has 0 bridgehead atoms. The molecule has 2 aromatic heterocycles. The summed E-state index contributed by atoms with van der Waals surface area (Å²) in [7, 11) is 3.22. The third-order valence-corrected chi connectivity index (χ3v) is 5.76. The molecular formula is C24H23N3O3S. The van der Waals surface area contributed by atoms with E-state index in [-0.39, 0.29) is 12.5 Å². The summed E-state index contributed by atoms with van der Waals surface area (Å²) in [4.78, 5) is 17.4. The van der Waals surface area contributed by atoms with Crippen LogP contribution in [0, 0.1) is 0 Å². The Bertz CT molecular complexity index is 1170. The number of benzene rings is 2. The number of amides is 1. The molecule has 1 amide bonds. The fraction of sp³-hybridized carbons (Fsp3) is 0.167. The zero-order valence-corrected chi connectivity index (χ0v) is 18.2. The molecule has 2 heterocycles. The third kappa shape index (κ3) is 4.78. The van der Waals surface area contributed by atoms with E-state index in [1.165, 1.54) is 0 Å². The number of hydrogen-bond acceptors (Lipinski definition) is 5. The lowest BCUT2D eigenvalue weighted by molar-refractivity contribution is -0.121. The van der Waals surface area contributed by atoms with Gasteiger partial charge in [0.25, 0.3) is 0 Å². The second-order valence-corrected chi connectivity index (χ2v) is 7.74. The summed E-state index contributed by atoms with van der Waals surface area (Å²) in [6, 6.07) is 19.5. The standard InChI is InChI=1S/C24H23N3O3S/c1-29-19-10-11-22(30-2)18(13-19)14-25-23(28)15-27-12-6-9-21(27)24-26-20(16-31-24)17-7-4-3-5-8-17/h3-13,16H,14-15H2,1-2H3,(H,25,28). The molecule has 0 fully saturated rings. The van der Waals surface area contributed by atoms with Crippen LogP contribution in [0.1, 0.15) is 5.56 Å². The summed E-state index contributed by atoms with van der Waals surface area (Å²) in [5.74, 6) is 1.33. The minimum absolute atomic E-state index is 0.0952. The summed E-state index contributed by atoms with van der Waals surface area (Å²) in [5.41, 5.74) is 3.78. The Morgan fingerprint density at radius 3 is 2.68 bits per heavy atom. The van der Waals surface area contributed by atoms with Crippen LogP contribution in [0.4, 0.5) is 0 Å². The smallest absolute Gasteiger partial charge is 0.240 e. The van der Waals surface area contributed by atoms with Gasteiger partial charge in [0.05, 0.1) is 25.6 Å². The van der Waals surface area contributed by atoms with Gasteiger partial charge in [-0.15, -0.1) is 11.3 Å². The molecule has 158 valence electrons. The van der Waals surface area contributed by atoms with Gasteiger partial charge < -0.3 is 19.4 Å². The molecule has 0 unspecified atom stereocenters. The molecule has 0 aliphatic carbocycles. The molecule has 0 saturated carbocycles. The molecule has 0 spiro atoms. The highest BCUT2D eigenvalue weighted by atomic mass is 32.1. The fourth-order valence-corrected chi connectivity index (χ4v) is 4.17. The summed E-state index contributed by atoms with van der Waals surface area (Å²) < 4.78 is 12.6. The van der Waals surface area contributed by atoms with Crippen LogP contribution < -0.4 is 14.8 Å². The first-order valence-corrected chi connectivity index (χ1v) is 10.7. The molecule has 0 saturated heterocycles. The molecule has 1 N–H and O–H groups in total. The Morgan fingerprint density at radius 2 is 1.90 bits per heavy atom. The molecule has 2 aromatic carbocycles. The normalized spacial score (nSPS) is 10.6. The van der Waals surface area contributed by atoms with Crippen LogP contribution in [0.25, 0.3) is 22.0 Å². The van der Waals surface area contributed by atoms with E-state index < -0.39 is 0 Å². The van der Waals surface area contributed by atoms with Gasteiger partial charge in [-0.3, -0.25) is 4.79 Å². The van der Waals surface area contributed by atoms with Crippen LogP contribution in [-0.4, -0.2) is 29.7 Å². The van der Waals surface area contributed by atoms with Gasteiger partial charge in [-0.1, -0.05) is 30.3 Å². The Kier molecular flexibility index (Phi) is 6.33. The van der Waals surface area contributed by atoms with Gasteiger partial charge >= 0.3 is 0 Å². The highest BCUT2D eigenvalue weighted by molar-refractivity contribution is 7.13. The van der Waals surface area contributed by atoms with Crippen molar-refractivity contribution < 1.29 is 14.3 Å².